The normalized spacial score (nSPS) is 11.0. The molecule has 3 rings (SSSR count). The Morgan fingerprint density at radius 2 is 2.21 bits per heavy atom. The molecule has 2 aromatic carbocycles. The lowest BCUT2D eigenvalue weighted by Crippen LogP contribution is -1.98. The molecule has 0 atom stereocenters. The van der Waals surface area contributed by atoms with E-state index in [0.717, 1.165) is 15.7 Å². The summed E-state index contributed by atoms with van der Waals surface area (Å²) in [5.74, 6) is 0.375. The lowest BCUT2D eigenvalue weighted by molar-refractivity contribution is -0.384. The van der Waals surface area contributed by atoms with E-state index in [-0.39, 0.29) is 16.9 Å². The second-order valence-electron chi connectivity index (χ2n) is 5.50. The molecule has 1 heterocycles. The van der Waals surface area contributed by atoms with E-state index < -0.39 is 4.92 Å². The van der Waals surface area contributed by atoms with E-state index in [1.807, 2.05) is 29.6 Å². The molecule has 0 saturated carbocycles. The van der Waals surface area contributed by atoms with E-state index in [1.54, 1.807) is 6.07 Å². The lowest BCUT2D eigenvalue weighted by Gasteiger charge is -2.05. The summed E-state index contributed by atoms with van der Waals surface area (Å²) >= 11 is 4.75. The van der Waals surface area contributed by atoms with Crippen LogP contribution in [0, 0.1) is 21.4 Å². The van der Waals surface area contributed by atoms with Crippen molar-refractivity contribution in [2.45, 2.75) is 0 Å². The van der Waals surface area contributed by atoms with Crippen molar-refractivity contribution in [3.8, 4) is 23.1 Å². The Kier molecular flexibility index (Phi) is 6.03. The molecule has 0 spiro atoms. The number of hydrogen-bond donors (Lipinski definition) is 1. The number of thiazole rings is 1. The number of nitrogens with zero attached hydrogens (tertiary/aromatic N) is 3. The zero-order valence-corrected chi connectivity index (χ0v) is 17.0. The van der Waals surface area contributed by atoms with Gasteiger partial charge in [0.15, 0.2) is 0 Å². The molecule has 0 aliphatic rings. The number of rotatable bonds is 6. The number of benzene rings is 2. The van der Waals surface area contributed by atoms with Crippen LogP contribution in [0.3, 0.4) is 0 Å². The molecule has 0 saturated heterocycles. The number of methoxy groups -OCH3 is 1. The van der Waals surface area contributed by atoms with Crippen molar-refractivity contribution < 1.29 is 9.66 Å². The van der Waals surface area contributed by atoms with Gasteiger partial charge in [-0.3, -0.25) is 10.1 Å². The maximum Gasteiger partial charge on any atom is 0.296 e. The largest absolute Gasteiger partial charge is 0.496 e. The number of halogens is 1. The van der Waals surface area contributed by atoms with Gasteiger partial charge in [-0.15, -0.1) is 11.3 Å². The van der Waals surface area contributed by atoms with Crippen molar-refractivity contribution in [3.05, 3.63) is 73.6 Å². The van der Waals surface area contributed by atoms with Crippen molar-refractivity contribution in [2.24, 2.45) is 0 Å². The Balaban J connectivity index is 1.88. The number of anilines is 1. The Morgan fingerprint density at radius 3 is 2.89 bits per heavy atom. The highest BCUT2D eigenvalue weighted by molar-refractivity contribution is 9.10. The fraction of sp³-hybridized carbons (Fsp3) is 0.0526. The number of aromatic nitrogens is 1. The van der Waals surface area contributed by atoms with E-state index in [9.17, 15) is 15.4 Å². The minimum atomic E-state index is -0.514. The van der Waals surface area contributed by atoms with Gasteiger partial charge in [-0.1, -0.05) is 28.1 Å². The molecule has 0 aliphatic heterocycles. The molecule has 1 N–H and O–H groups in total. The van der Waals surface area contributed by atoms with Gasteiger partial charge in [-0.2, -0.15) is 5.26 Å². The molecule has 0 bridgehead atoms. The molecule has 1 aromatic heterocycles. The second-order valence-corrected chi connectivity index (χ2v) is 7.28. The van der Waals surface area contributed by atoms with Gasteiger partial charge in [-0.05, 0) is 24.3 Å². The van der Waals surface area contributed by atoms with E-state index in [0.29, 0.717) is 10.8 Å². The summed E-state index contributed by atoms with van der Waals surface area (Å²) in [7, 11) is 1.44. The zero-order valence-electron chi connectivity index (χ0n) is 14.5. The van der Waals surface area contributed by atoms with Gasteiger partial charge in [0.1, 0.15) is 28.1 Å². The highest BCUT2D eigenvalue weighted by atomic mass is 79.9. The number of allylic oxidation sites excluding steroid dienone is 1. The van der Waals surface area contributed by atoms with Crippen LogP contribution < -0.4 is 10.1 Å². The van der Waals surface area contributed by atoms with Crippen molar-refractivity contribution in [1.29, 1.82) is 5.26 Å². The number of nitriles is 1. The summed E-state index contributed by atoms with van der Waals surface area (Å²) in [6.45, 7) is 0. The Morgan fingerprint density at radius 1 is 1.39 bits per heavy atom. The maximum absolute atomic E-state index is 11.3. The van der Waals surface area contributed by atoms with Crippen LogP contribution in [-0.4, -0.2) is 17.0 Å². The summed E-state index contributed by atoms with van der Waals surface area (Å²) < 4.78 is 5.95. The van der Waals surface area contributed by atoms with Crippen LogP contribution in [0.15, 0.2) is 58.5 Å². The molecular formula is C19H13BrN4O3S. The van der Waals surface area contributed by atoms with Crippen LogP contribution in [0.2, 0.25) is 0 Å². The predicted molar refractivity (Wildman–Crippen MR) is 112 cm³/mol. The van der Waals surface area contributed by atoms with Crippen molar-refractivity contribution in [2.75, 3.05) is 12.4 Å². The van der Waals surface area contributed by atoms with Gasteiger partial charge in [0.2, 0.25) is 0 Å². The van der Waals surface area contributed by atoms with Gasteiger partial charge in [0, 0.05) is 21.6 Å². The average Bonchev–Trinajstić information content (AvgIpc) is 3.18. The van der Waals surface area contributed by atoms with Crippen LogP contribution in [0.1, 0.15) is 5.01 Å². The summed E-state index contributed by atoms with van der Waals surface area (Å²) in [4.78, 5) is 15.3. The SMILES string of the molecule is COc1ccc(NC=C(C#N)c2nc(-c3cccc(Br)c3)cs2)c([N+](=O)[O-])c1. The van der Waals surface area contributed by atoms with E-state index in [4.69, 9.17) is 4.74 Å². The van der Waals surface area contributed by atoms with E-state index in [1.165, 1.54) is 36.8 Å². The van der Waals surface area contributed by atoms with Crippen LogP contribution in [0.25, 0.3) is 16.8 Å². The monoisotopic (exact) mass is 456 g/mol. The smallest absolute Gasteiger partial charge is 0.296 e. The van der Waals surface area contributed by atoms with Crippen LogP contribution in [-0.2, 0) is 0 Å². The third-order valence-electron chi connectivity index (χ3n) is 3.75. The molecule has 9 heteroatoms. The Labute approximate surface area is 173 Å². The highest BCUT2D eigenvalue weighted by Crippen LogP contribution is 2.31. The molecule has 0 aliphatic carbocycles. The number of nitrogens with one attached hydrogen (secondary N) is 1. The van der Waals surface area contributed by atoms with Gasteiger partial charge in [0.25, 0.3) is 5.69 Å². The quantitative estimate of drug-likeness (QED) is 0.299. The number of hydrogen-bond acceptors (Lipinski definition) is 7. The molecule has 28 heavy (non-hydrogen) atoms. The van der Waals surface area contributed by atoms with Crippen molar-refractivity contribution in [3.63, 3.8) is 0 Å². The maximum atomic E-state index is 11.3. The molecule has 0 fully saturated rings. The first kappa shape index (κ1) is 19.5. The van der Waals surface area contributed by atoms with Crippen molar-refractivity contribution in [1.82, 2.24) is 4.98 Å². The second kappa shape index (κ2) is 8.65. The summed E-state index contributed by atoms with van der Waals surface area (Å²) in [5, 5.41) is 26.0. The lowest BCUT2D eigenvalue weighted by atomic mass is 10.2. The van der Waals surface area contributed by atoms with Crippen LogP contribution in [0.5, 0.6) is 5.75 Å². The molecule has 0 unspecified atom stereocenters. The molecule has 140 valence electrons. The number of nitro benzene ring substituents is 1. The minimum absolute atomic E-state index is 0.151. The molecular weight excluding hydrogens is 444 g/mol. The molecule has 3 aromatic rings. The standard InChI is InChI=1S/C19H13BrN4O3S/c1-27-15-5-6-16(18(8-15)24(25)26)22-10-13(9-21)19-23-17(11-28-19)12-3-2-4-14(20)7-12/h2-8,10-11,22H,1H3. The summed E-state index contributed by atoms with van der Waals surface area (Å²) in [6, 6.07) is 14.2. The Hall–Kier alpha value is -3.22. The molecule has 7 nitrogen and oxygen atoms in total. The number of ether oxygens (including phenoxy) is 1. The van der Waals surface area contributed by atoms with E-state index >= 15 is 0 Å². The van der Waals surface area contributed by atoms with Crippen LogP contribution in [0.4, 0.5) is 11.4 Å². The fourth-order valence-electron chi connectivity index (χ4n) is 2.38. The number of nitro groups is 1. The van der Waals surface area contributed by atoms with Gasteiger partial charge < -0.3 is 10.1 Å². The Bertz CT molecular complexity index is 1100. The summed E-state index contributed by atoms with van der Waals surface area (Å²) in [6.07, 6.45) is 1.42. The third-order valence-corrected chi connectivity index (χ3v) is 5.12. The zero-order chi connectivity index (χ0) is 20.1. The molecule has 0 amide bonds. The topological polar surface area (TPSA) is 101 Å². The van der Waals surface area contributed by atoms with Gasteiger partial charge >= 0.3 is 0 Å². The first-order chi connectivity index (χ1) is 13.5. The summed E-state index contributed by atoms with van der Waals surface area (Å²) in [5.41, 5.74) is 2.05. The van der Waals surface area contributed by atoms with Gasteiger partial charge in [-0.25, -0.2) is 4.98 Å². The predicted octanol–water partition coefficient (Wildman–Crippen LogP) is 5.47. The fourth-order valence-corrected chi connectivity index (χ4v) is 3.58. The highest BCUT2D eigenvalue weighted by Gasteiger charge is 2.15. The third kappa shape index (κ3) is 4.36. The van der Waals surface area contributed by atoms with Crippen LogP contribution >= 0.6 is 27.3 Å². The first-order valence-corrected chi connectivity index (χ1v) is 9.60. The van der Waals surface area contributed by atoms with Crippen molar-refractivity contribution >= 4 is 44.2 Å². The molecule has 0 radical (unpaired) electrons. The first-order valence-electron chi connectivity index (χ1n) is 7.93. The van der Waals surface area contributed by atoms with Gasteiger partial charge in [0.05, 0.1) is 23.8 Å². The van der Waals surface area contributed by atoms with E-state index in [2.05, 4.69) is 32.3 Å². The average molecular weight is 457 g/mol. The minimum Gasteiger partial charge on any atom is -0.496 e.